The number of hydrogen-bond donors (Lipinski definition) is 1. The number of carbonyl (C=O) groups is 2. The zero-order valence-corrected chi connectivity index (χ0v) is 16.2. The van der Waals surface area contributed by atoms with Crippen LogP contribution < -0.4 is 5.69 Å². The van der Waals surface area contributed by atoms with Gasteiger partial charge in [-0.15, -0.1) is 0 Å². The van der Waals surface area contributed by atoms with Gasteiger partial charge < -0.3 is 4.74 Å². The van der Waals surface area contributed by atoms with E-state index in [4.69, 9.17) is 4.74 Å². The predicted octanol–water partition coefficient (Wildman–Crippen LogP) is 3.47. The maximum atomic E-state index is 13.4. The summed E-state index contributed by atoms with van der Waals surface area (Å²) in [6.07, 6.45) is 3.59. The molecule has 0 aromatic carbocycles. The topological polar surface area (TPSA) is 81.2 Å². The van der Waals surface area contributed by atoms with E-state index in [1.165, 1.54) is 0 Å². The standard InChI is InChI=1S/C18H25FN2O4S/c1-11-9-18(3,12(11)2)16(23)25-8-6-4-5-7-14(22)21-10-13(19)15(26)20-17(21)24/h10-12H,4-9H2,1-3H3,(H,20,24,26). The first-order valence-electron chi connectivity index (χ1n) is 8.88. The summed E-state index contributed by atoms with van der Waals surface area (Å²) in [6, 6.07) is 0. The number of hydrogen-bond acceptors (Lipinski definition) is 5. The van der Waals surface area contributed by atoms with Crippen molar-refractivity contribution < 1.29 is 18.7 Å². The molecule has 3 atom stereocenters. The summed E-state index contributed by atoms with van der Waals surface area (Å²) < 4.78 is 19.1. The van der Waals surface area contributed by atoms with Crippen LogP contribution in [0.25, 0.3) is 0 Å². The molecule has 2 rings (SSSR count). The second kappa shape index (κ2) is 8.24. The number of ether oxygens (including phenoxy) is 1. The van der Waals surface area contributed by atoms with Crippen LogP contribution in [0.1, 0.15) is 57.7 Å². The van der Waals surface area contributed by atoms with Crippen molar-refractivity contribution in [2.24, 2.45) is 17.3 Å². The van der Waals surface area contributed by atoms with E-state index in [9.17, 15) is 18.8 Å². The van der Waals surface area contributed by atoms with Gasteiger partial charge in [0.2, 0.25) is 5.91 Å². The van der Waals surface area contributed by atoms with Crippen LogP contribution in [0.2, 0.25) is 0 Å². The van der Waals surface area contributed by atoms with E-state index in [1.54, 1.807) is 0 Å². The highest BCUT2D eigenvalue weighted by Gasteiger charge is 2.51. The summed E-state index contributed by atoms with van der Waals surface area (Å²) in [5.74, 6) is -0.598. The third-order valence-corrected chi connectivity index (χ3v) is 5.80. The number of esters is 1. The Bertz CT molecular complexity index is 803. The minimum absolute atomic E-state index is 0.101. The Labute approximate surface area is 156 Å². The zero-order chi connectivity index (χ0) is 19.5. The van der Waals surface area contributed by atoms with Gasteiger partial charge >= 0.3 is 11.7 Å². The Morgan fingerprint density at radius 2 is 2.08 bits per heavy atom. The molecule has 0 bridgehead atoms. The summed E-state index contributed by atoms with van der Waals surface area (Å²) in [5, 5.41) is 0. The van der Waals surface area contributed by atoms with E-state index in [2.05, 4.69) is 31.0 Å². The Morgan fingerprint density at radius 1 is 1.38 bits per heavy atom. The van der Waals surface area contributed by atoms with Crippen LogP contribution >= 0.6 is 12.2 Å². The number of unbranched alkanes of at least 4 members (excludes halogenated alkanes) is 2. The van der Waals surface area contributed by atoms with E-state index in [0.717, 1.165) is 12.6 Å². The highest BCUT2D eigenvalue weighted by atomic mass is 32.1. The second-order valence-corrected chi connectivity index (χ2v) is 7.74. The normalized spacial score (nSPS) is 24.8. The molecular formula is C18H25FN2O4S. The van der Waals surface area contributed by atoms with Crippen LogP contribution in [0.15, 0.2) is 11.0 Å². The average Bonchev–Trinajstić information content (AvgIpc) is 2.60. The van der Waals surface area contributed by atoms with E-state index in [0.29, 0.717) is 42.3 Å². The largest absolute Gasteiger partial charge is 0.465 e. The minimum atomic E-state index is -0.812. The van der Waals surface area contributed by atoms with Gasteiger partial charge in [-0.1, -0.05) is 26.1 Å². The SMILES string of the molecule is CC1CC(C)(C(=O)OCCCCCC(=O)n2cc(F)c(=S)[nH]c2=O)C1C. The van der Waals surface area contributed by atoms with E-state index in [-0.39, 0.29) is 22.4 Å². The zero-order valence-electron chi connectivity index (χ0n) is 15.3. The lowest BCUT2D eigenvalue weighted by atomic mass is 9.56. The number of nitrogens with one attached hydrogen (secondary N) is 1. The smallest absolute Gasteiger partial charge is 0.333 e. The van der Waals surface area contributed by atoms with Crippen molar-refractivity contribution in [3.8, 4) is 0 Å². The lowest BCUT2D eigenvalue weighted by molar-refractivity contribution is -0.170. The van der Waals surface area contributed by atoms with E-state index < -0.39 is 17.4 Å². The molecule has 0 spiro atoms. The van der Waals surface area contributed by atoms with Crippen molar-refractivity contribution >= 4 is 24.1 Å². The van der Waals surface area contributed by atoms with Crippen molar-refractivity contribution in [1.82, 2.24) is 9.55 Å². The van der Waals surface area contributed by atoms with Gasteiger partial charge in [0.25, 0.3) is 0 Å². The Morgan fingerprint density at radius 3 is 2.69 bits per heavy atom. The molecule has 6 nitrogen and oxygen atoms in total. The van der Waals surface area contributed by atoms with Gasteiger partial charge in [0.15, 0.2) is 5.82 Å². The van der Waals surface area contributed by atoms with Crippen LogP contribution in [0.4, 0.5) is 4.39 Å². The van der Waals surface area contributed by atoms with Gasteiger partial charge in [-0.2, -0.15) is 0 Å². The fourth-order valence-corrected chi connectivity index (χ4v) is 3.55. The highest BCUT2D eigenvalue weighted by molar-refractivity contribution is 7.71. The second-order valence-electron chi connectivity index (χ2n) is 7.33. The molecule has 0 radical (unpaired) electrons. The summed E-state index contributed by atoms with van der Waals surface area (Å²) in [4.78, 5) is 37.9. The molecule has 1 aromatic rings. The van der Waals surface area contributed by atoms with E-state index >= 15 is 0 Å². The number of nitrogens with zero attached hydrogens (tertiary/aromatic N) is 1. The van der Waals surface area contributed by atoms with Crippen LogP contribution in [0, 0.1) is 27.7 Å². The van der Waals surface area contributed by atoms with Gasteiger partial charge in [-0.3, -0.25) is 14.6 Å². The van der Waals surface area contributed by atoms with Crippen LogP contribution in [-0.4, -0.2) is 28.0 Å². The van der Waals surface area contributed by atoms with Gasteiger partial charge in [0, 0.05) is 6.42 Å². The molecule has 8 heteroatoms. The fraction of sp³-hybridized carbons (Fsp3) is 0.667. The molecule has 0 saturated heterocycles. The number of halogens is 1. The van der Waals surface area contributed by atoms with Gasteiger partial charge in [0.05, 0.1) is 18.2 Å². The molecule has 1 N–H and O–H groups in total. The average molecular weight is 384 g/mol. The Hall–Kier alpha value is -1.83. The van der Waals surface area contributed by atoms with Gasteiger partial charge in [-0.25, -0.2) is 13.8 Å². The van der Waals surface area contributed by atoms with Gasteiger partial charge in [-0.05, 0) is 44.4 Å². The molecule has 1 aliphatic carbocycles. The summed E-state index contributed by atoms with van der Waals surface area (Å²) in [6.45, 7) is 6.47. The molecule has 1 aromatic heterocycles. The minimum Gasteiger partial charge on any atom is -0.465 e. The third-order valence-electron chi connectivity index (χ3n) is 5.51. The van der Waals surface area contributed by atoms with Crippen molar-refractivity contribution in [2.45, 2.75) is 52.9 Å². The van der Waals surface area contributed by atoms with Gasteiger partial charge in [0.1, 0.15) is 4.64 Å². The highest BCUT2D eigenvalue weighted by Crippen LogP contribution is 2.51. The monoisotopic (exact) mass is 384 g/mol. The van der Waals surface area contributed by atoms with Crippen molar-refractivity contribution in [1.29, 1.82) is 0 Å². The van der Waals surface area contributed by atoms with Crippen LogP contribution in [0.3, 0.4) is 0 Å². The molecular weight excluding hydrogens is 359 g/mol. The first-order valence-corrected chi connectivity index (χ1v) is 9.29. The van der Waals surface area contributed by atoms with Crippen molar-refractivity contribution in [3.05, 3.63) is 27.1 Å². The summed E-state index contributed by atoms with van der Waals surface area (Å²) >= 11 is 4.60. The molecule has 0 amide bonds. The quantitative estimate of drug-likeness (QED) is 0.442. The molecule has 3 unspecified atom stereocenters. The number of carbonyl (C=O) groups excluding carboxylic acids is 2. The number of H-pyrrole nitrogens is 1. The van der Waals surface area contributed by atoms with Crippen molar-refractivity contribution in [2.75, 3.05) is 6.61 Å². The van der Waals surface area contributed by atoms with Crippen LogP contribution in [-0.2, 0) is 9.53 Å². The molecule has 1 aliphatic rings. The van der Waals surface area contributed by atoms with E-state index in [1.807, 2.05) is 6.92 Å². The Kier molecular flexibility index (Phi) is 6.49. The fourth-order valence-electron chi connectivity index (χ4n) is 3.41. The van der Waals surface area contributed by atoms with Crippen LogP contribution in [0.5, 0.6) is 0 Å². The lowest BCUT2D eigenvalue weighted by Gasteiger charge is -2.48. The first kappa shape index (κ1) is 20.5. The summed E-state index contributed by atoms with van der Waals surface area (Å²) in [5.41, 5.74) is -1.12. The predicted molar refractivity (Wildman–Crippen MR) is 97.0 cm³/mol. The maximum Gasteiger partial charge on any atom is 0.333 e. The molecule has 26 heavy (non-hydrogen) atoms. The first-order chi connectivity index (χ1) is 12.2. The molecule has 1 heterocycles. The molecule has 1 fully saturated rings. The van der Waals surface area contributed by atoms with Crippen molar-refractivity contribution in [3.63, 3.8) is 0 Å². The number of aromatic amines is 1. The molecule has 144 valence electrons. The molecule has 0 aliphatic heterocycles. The summed E-state index contributed by atoms with van der Waals surface area (Å²) in [7, 11) is 0. The number of aromatic nitrogens is 2. The third kappa shape index (κ3) is 4.28. The number of rotatable bonds is 7. The maximum absolute atomic E-state index is 13.4. The Balaban J connectivity index is 1.69. The molecule has 1 saturated carbocycles. The lowest BCUT2D eigenvalue weighted by Crippen LogP contribution is -2.49.